The largest absolute Gasteiger partial charge is 0.444 e. The molecule has 7 nitrogen and oxygen atoms in total. The summed E-state index contributed by atoms with van der Waals surface area (Å²) in [7, 11) is 0. The minimum absolute atomic E-state index is 0.0581. The second-order valence-electron chi connectivity index (χ2n) is 9.36. The molecular weight excluding hydrogens is 406 g/mol. The van der Waals surface area contributed by atoms with Crippen molar-refractivity contribution in [3.05, 3.63) is 42.0 Å². The van der Waals surface area contributed by atoms with Crippen LogP contribution >= 0.6 is 0 Å². The van der Waals surface area contributed by atoms with E-state index >= 15 is 0 Å². The highest BCUT2D eigenvalue weighted by molar-refractivity contribution is 5.91. The molecule has 1 aliphatic carbocycles. The van der Waals surface area contributed by atoms with E-state index in [1.165, 1.54) is 0 Å². The van der Waals surface area contributed by atoms with Crippen LogP contribution < -0.4 is 10.6 Å². The molecule has 0 bridgehead atoms. The maximum atomic E-state index is 13.3. The summed E-state index contributed by atoms with van der Waals surface area (Å²) in [5.74, 6) is -0.247. The maximum Gasteiger partial charge on any atom is 0.408 e. The van der Waals surface area contributed by atoms with Gasteiger partial charge in [-0.25, -0.2) is 4.79 Å². The minimum atomic E-state index is -0.783. The Kier molecular flexibility index (Phi) is 8.87. The van der Waals surface area contributed by atoms with Gasteiger partial charge >= 0.3 is 6.09 Å². The Bertz CT molecular complexity index is 831. The third kappa shape index (κ3) is 7.39. The summed E-state index contributed by atoms with van der Waals surface area (Å²) in [6, 6.07) is 6.65. The smallest absolute Gasteiger partial charge is 0.408 e. The van der Waals surface area contributed by atoms with Crippen LogP contribution in [0.25, 0.3) is 6.08 Å². The quantitative estimate of drug-likeness (QED) is 0.534. The van der Waals surface area contributed by atoms with Crippen LogP contribution in [-0.2, 0) is 14.3 Å². The number of carbonyl (C=O) groups is 3. The number of benzene rings is 1. The predicted octanol–water partition coefficient (Wildman–Crippen LogP) is 4.05. The number of nitrogens with one attached hydrogen (secondary N) is 2. The fraction of sp³-hybridized carbons (Fsp3) is 0.560. The Morgan fingerprint density at radius 2 is 1.97 bits per heavy atom. The molecule has 3 atom stereocenters. The zero-order valence-electron chi connectivity index (χ0n) is 19.9. The van der Waals surface area contributed by atoms with Crippen LogP contribution in [0.3, 0.4) is 0 Å². The molecule has 2 rings (SSSR count). The normalized spacial score (nSPS) is 18.3. The van der Waals surface area contributed by atoms with Gasteiger partial charge in [-0.3, -0.25) is 9.59 Å². The van der Waals surface area contributed by atoms with Crippen molar-refractivity contribution in [2.24, 2.45) is 5.92 Å². The number of amides is 3. The van der Waals surface area contributed by atoms with E-state index in [0.717, 1.165) is 30.4 Å². The van der Waals surface area contributed by atoms with E-state index < -0.39 is 17.7 Å². The Balaban J connectivity index is 2.29. The lowest BCUT2D eigenvalue weighted by molar-refractivity contribution is -0.141. The molecular formula is C25H37N3O4. The molecule has 1 aliphatic rings. The average Bonchev–Trinajstić information content (AvgIpc) is 3.44. The fourth-order valence-electron chi connectivity index (χ4n) is 3.54. The number of hydrogen-bond donors (Lipinski definition) is 2. The average molecular weight is 444 g/mol. The molecule has 3 unspecified atom stereocenters. The van der Waals surface area contributed by atoms with Crippen molar-refractivity contribution in [2.75, 3.05) is 13.1 Å². The highest BCUT2D eigenvalue weighted by Gasteiger charge is 2.46. The van der Waals surface area contributed by atoms with Crippen molar-refractivity contribution in [1.29, 1.82) is 0 Å². The van der Waals surface area contributed by atoms with Gasteiger partial charge in [-0.05, 0) is 56.7 Å². The highest BCUT2D eigenvalue weighted by atomic mass is 16.6. The van der Waals surface area contributed by atoms with Gasteiger partial charge in [0, 0.05) is 12.6 Å². The highest BCUT2D eigenvalue weighted by Crippen LogP contribution is 2.40. The molecule has 2 N–H and O–H groups in total. The van der Waals surface area contributed by atoms with E-state index in [0.29, 0.717) is 6.54 Å². The van der Waals surface area contributed by atoms with Crippen molar-refractivity contribution in [3.63, 3.8) is 0 Å². The molecule has 0 saturated heterocycles. The number of ether oxygens (including phenoxy) is 1. The maximum absolute atomic E-state index is 13.3. The summed E-state index contributed by atoms with van der Waals surface area (Å²) in [4.78, 5) is 40.3. The van der Waals surface area contributed by atoms with E-state index in [2.05, 4.69) is 31.1 Å². The van der Waals surface area contributed by atoms with Crippen LogP contribution in [-0.4, -0.2) is 47.5 Å². The number of alkyl carbamates (subject to hydrolysis) is 1. The first-order valence-corrected chi connectivity index (χ1v) is 11.4. The molecule has 0 heterocycles. The number of unbranched alkanes of at least 4 members (excludes halogenated alkanes) is 1. The zero-order valence-corrected chi connectivity index (χ0v) is 19.9. The summed E-state index contributed by atoms with van der Waals surface area (Å²) in [6.07, 6.45) is 3.69. The van der Waals surface area contributed by atoms with Crippen LogP contribution in [0.1, 0.15) is 71.0 Å². The Labute approximate surface area is 191 Å². The molecule has 32 heavy (non-hydrogen) atoms. The molecule has 0 aliphatic heterocycles. The van der Waals surface area contributed by atoms with Crippen LogP contribution in [0, 0.1) is 5.92 Å². The van der Waals surface area contributed by atoms with Crippen LogP contribution in [0.15, 0.2) is 30.8 Å². The van der Waals surface area contributed by atoms with Crippen molar-refractivity contribution in [3.8, 4) is 0 Å². The van der Waals surface area contributed by atoms with Crippen LogP contribution in [0.5, 0.6) is 0 Å². The lowest BCUT2D eigenvalue weighted by Gasteiger charge is -2.32. The van der Waals surface area contributed by atoms with Gasteiger partial charge in [-0.2, -0.15) is 0 Å². The first-order valence-electron chi connectivity index (χ1n) is 11.4. The number of nitrogens with zero attached hydrogens (tertiary/aromatic N) is 1. The van der Waals surface area contributed by atoms with E-state index in [1.54, 1.807) is 31.7 Å². The second kappa shape index (κ2) is 11.2. The second-order valence-corrected chi connectivity index (χ2v) is 9.36. The SMILES string of the molecule is C=Cc1cccc(C(C(=O)NCCCC)N(C(=O)CNC(=O)OC(C)(C)C)C2CC2C)c1. The molecule has 1 aromatic carbocycles. The van der Waals surface area contributed by atoms with E-state index in [4.69, 9.17) is 4.74 Å². The molecule has 0 radical (unpaired) electrons. The molecule has 0 spiro atoms. The predicted molar refractivity (Wildman–Crippen MR) is 126 cm³/mol. The summed E-state index contributed by atoms with van der Waals surface area (Å²) in [5, 5.41) is 5.51. The Hall–Kier alpha value is -2.83. The van der Waals surface area contributed by atoms with Gasteiger partial charge in [0.15, 0.2) is 0 Å². The number of hydrogen-bond acceptors (Lipinski definition) is 4. The summed E-state index contributed by atoms with van der Waals surface area (Å²) >= 11 is 0. The molecule has 0 aromatic heterocycles. The first kappa shape index (κ1) is 25.4. The lowest BCUT2D eigenvalue weighted by atomic mass is 10.0. The van der Waals surface area contributed by atoms with Crippen molar-refractivity contribution in [2.45, 2.75) is 71.6 Å². The van der Waals surface area contributed by atoms with E-state index in [-0.39, 0.29) is 30.3 Å². The molecule has 176 valence electrons. The monoisotopic (exact) mass is 443 g/mol. The van der Waals surface area contributed by atoms with Gasteiger partial charge in [-0.1, -0.05) is 51.1 Å². The Morgan fingerprint density at radius 1 is 1.28 bits per heavy atom. The van der Waals surface area contributed by atoms with Crippen molar-refractivity contribution < 1.29 is 19.1 Å². The minimum Gasteiger partial charge on any atom is -0.444 e. The third-order valence-electron chi connectivity index (χ3n) is 5.31. The molecule has 3 amide bonds. The summed E-state index contributed by atoms with van der Waals surface area (Å²) in [5.41, 5.74) is 0.933. The standard InChI is InChI=1S/C25H37N3O4/c1-7-9-13-26-23(30)22(19-12-10-11-18(8-2)15-19)28(20-14-17(20)3)21(29)16-27-24(31)32-25(4,5)6/h8,10-12,15,17,20,22H,2,7,9,13-14,16H2,1,3-6H3,(H,26,30)(H,27,31). The van der Waals surface area contributed by atoms with Gasteiger partial charge in [0.05, 0.1) is 0 Å². The number of carbonyl (C=O) groups excluding carboxylic acids is 3. The Morgan fingerprint density at radius 3 is 2.53 bits per heavy atom. The van der Waals surface area contributed by atoms with E-state index in [1.807, 2.05) is 24.3 Å². The van der Waals surface area contributed by atoms with Gasteiger partial charge in [0.1, 0.15) is 18.2 Å². The van der Waals surface area contributed by atoms with Crippen molar-refractivity contribution >= 4 is 24.0 Å². The fourth-order valence-corrected chi connectivity index (χ4v) is 3.54. The number of rotatable bonds is 10. The molecule has 1 saturated carbocycles. The topological polar surface area (TPSA) is 87.7 Å². The van der Waals surface area contributed by atoms with Crippen LogP contribution in [0.4, 0.5) is 4.79 Å². The summed E-state index contributed by atoms with van der Waals surface area (Å²) < 4.78 is 5.24. The molecule has 1 aromatic rings. The first-order chi connectivity index (χ1) is 15.1. The van der Waals surface area contributed by atoms with Crippen molar-refractivity contribution in [1.82, 2.24) is 15.5 Å². The van der Waals surface area contributed by atoms with Gasteiger partial charge in [0.25, 0.3) is 0 Å². The third-order valence-corrected chi connectivity index (χ3v) is 5.31. The van der Waals surface area contributed by atoms with Crippen LogP contribution in [0.2, 0.25) is 0 Å². The zero-order chi connectivity index (χ0) is 23.9. The lowest BCUT2D eigenvalue weighted by Crippen LogP contribution is -2.49. The molecule has 7 heteroatoms. The van der Waals surface area contributed by atoms with Gasteiger partial charge in [-0.15, -0.1) is 0 Å². The van der Waals surface area contributed by atoms with Gasteiger partial charge in [0.2, 0.25) is 11.8 Å². The van der Waals surface area contributed by atoms with E-state index in [9.17, 15) is 14.4 Å². The summed E-state index contributed by atoms with van der Waals surface area (Å²) in [6.45, 7) is 13.5. The molecule has 1 fully saturated rings. The van der Waals surface area contributed by atoms with Gasteiger partial charge < -0.3 is 20.3 Å².